The quantitative estimate of drug-likeness (QED) is 0.478. The number of allylic oxidation sites excluding steroid dienone is 4. The predicted molar refractivity (Wildman–Crippen MR) is 37.1 cm³/mol. The molecule has 0 radical (unpaired) electrons. The monoisotopic (exact) mass is 122 g/mol. The highest BCUT2D eigenvalue weighted by atomic mass is 16.1. The molecular weight excluding hydrogens is 112 g/mol. The lowest BCUT2D eigenvalue weighted by Gasteiger charge is -2.10. The van der Waals surface area contributed by atoms with Crippen LogP contribution >= 0.6 is 0 Å². The topological polar surface area (TPSA) is 17.1 Å². The molecule has 9 heavy (non-hydrogen) atoms. The van der Waals surface area contributed by atoms with E-state index in [0.29, 0.717) is 0 Å². The van der Waals surface area contributed by atoms with Crippen molar-refractivity contribution in [3.63, 3.8) is 0 Å². The van der Waals surface area contributed by atoms with Gasteiger partial charge in [0.25, 0.3) is 0 Å². The summed E-state index contributed by atoms with van der Waals surface area (Å²) in [5.74, 6) is 0.324. The van der Waals surface area contributed by atoms with E-state index < -0.39 is 0 Å². The van der Waals surface area contributed by atoms with Gasteiger partial charge >= 0.3 is 0 Å². The van der Waals surface area contributed by atoms with E-state index in [9.17, 15) is 4.79 Å². The largest absolute Gasteiger partial charge is 0.294 e. The van der Waals surface area contributed by atoms with E-state index in [0.717, 1.165) is 5.57 Å². The van der Waals surface area contributed by atoms with Gasteiger partial charge in [-0.25, -0.2) is 0 Å². The Morgan fingerprint density at radius 2 is 2.22 bits per heavy atom. The van der Waals surface area contributed by atoms with Gasteiger partial charge in [-0.15, -0.1) is 0 Å². The Hall–Kier alpha value is -0.850. The third kappa shape index (κ3) is 1.10. The summed E-state index contributed by atoms with van der Waals surface area (Å²) in [6, 6.07) is 0. The molecule has 0 N–H and O–H groups in total. The molecular formula is C8H10O. The van der Waals surface area contributed by atoms with E-state index in [1.807, 2.05) is 19.9 Å². The van der Waals surface area contributed by atoms with Crippen LogP contribution in [0.4, 0.5) is 0 Å². The van der Waals surface area contributed by atoms with Gasteiger partial charge in [-0.05, 0) is 13.0 Å². The van der Waals surface area contributed by atoms with Crippen molar-refractivity contribution in [3.05, 3.63) is 23.8 Å². The Balaban J connectivity index is 2.86. The molecule has 1 heteroatoms. The zero-order valence-electron chi connectivity index (χ0n) is 5.72. The van der Waals surface area contributed by atoms with Crippen molar-refractivity contribution >= 4 is 5.78 Å². The molecule has 0 saturated carbocycles. The summed E-state index contributed by atoms with van der Waals surface area (Å²) in [7, 11) is 0. The van der Waals surface area contributed by atoms with Crippen LogP contribution in [0.2, 0.25) is 0 Å². The van der Waals surface area contributed by atoms with Crippen molar-refractivity contribution in [1.29, 1.82) is 0 Å². The summed E-state index contributed by atoms with van der Waals surface area (Å²) in [6.45, 7) is 3.91. The summed E-state index contributed by atoms with van der Waals surface area (Å²) in [5.41, 5.74) is 1.16. The SMILES string of the molecule is CC1=CC=CC(=O)C1C. The second-order valence-corrected chi connectivity index (χ2v) is 2.39. The van der Waals surface area contributed by atoms with Crippen LogP contribution in [0, 0.1) is 5.92 Å². The smallest absolute Gasteiger partial charge is 0.162 e. The maximum Gasteiger partial charge on any atom is 0.162 e. The number of carbonyl (C=O) groups excluding carboxylic acids is 1. The average Bonchev–Trinajstić information content (AvgIpc) is 1.83. The van der Waals surface area contributed by atoms with Crippen LogP contribution < -0.4 is 0 Å². The van der Waals surface area contributed by atoms with E-state index in [4.69, 9.17) is 0 Å². The third-order valence-corrected chi connectivity index (χ3v) is 1.73. The summed E-state index contributed by atoms with van der Waals surface area (Å²) >= 11 is 0. The number of carbonyl (C=O) groups is 1. The normalized spacial score (nSPS) is 26.2. The molecule has 0 amide bonds. The highest BCUT2D eigenvalue weighted by Gasteiger charge is 2.12. The lowest BCUT2D eigenvalue weighted by atomic mass is 9.94. The van der Waals surface area contributed by atoms with Gasteiger partial charge < -0.3 is 0 Å². The second kappa shape index (κ2) is 2.18. The van der Waals surface area contributed by atoms with Crippen molar-refractivity contribution < 1.29 is 4.79 Å². The molecule has 0 aromatic heterocycles. The Morgan fingerprint density at radius 3 is 2.67 bits per heavy atom. The molecule has 0 spiro atoms. The van der Waals surface area contributed by atoms with Gasteiger partial charge in [0.15, 0.2) is 5.78 Å². The highest BCUT2D eigenvalue weighted by molar-refractivity contribution is 5.94. The minimum atomic E-state index is 0.106. The summed E-state index contributed by atoms with van der Waals surface area (Å²) < 4.78 is 0. The highest BCUT2D eigenvalue weighted by Crippen LogP contribution is 2.14. The number of rotatable bonds is 0. The average molecular weight is 122 g/mol. The van der Waals surface area contributed by atoms with Crippen molar-refractivity contribution in [2.24, 2.45) is 5.92 Å². The molecule has 1 aliphatic rings. The van der Waals surface area contributed by atoms with Crippen molar-refractivity contribution in [2.75, 3.05) is 0 Å². The maximum absolute atomic E-state index is 10.9. The fourth-order valence-corrected chi connectivity index (χ4v) is 0.808. The Labute approximate surface area is 55.1 Å². The number of hydrogen-bond donors (Lipinski definition) is 0. The summed E-state index contributed by atoms with van der Waals surface area (Å²) in [4.78, 5) is 10.9. The van der Waals surface area contributed by atoms with Crippen molar-refractivity contribution in [3.8, 4) is 0 Å². The van der Waals surface area contributed by atoms with E-state index in [2.05, 4.69) is 0 Å². The molecule has 0 fully saturated rings. The molecule has 1 rings (SSSR count). The predicted octanol–water partition coefficient (Wildman–Crippen LogP) is 1.71. The Morgan fingerprint density at radius 1 is 1.56 bits per heavy atom. The molecule has 0 bridgehead atoms. The summed E-state index contributed by atoms with van der Waals surface area (Å²) in [5, 5.41) is 0. The van der Waals surface area contributed by atoms with Crippen LogP contribution in [0.1, 0.15) is 13.8 Å². The zero-order valence-corrected chi connectivity index (χ0v) is 5.72. The zero-order chi connectivity index (χ0) is 6.85. The van der Waals surface area contributed by atoms with Crippen LogP contribution in [0.15, 0.2) is 23.8 Å². The van der Waals surface area contributed by atoms with E-state index in [1.54, 1.807) is 12.2 Å². The fourth-order valence-electron chi connectivity index (χ4n) is 0.808. The van der Waals surface area contributed by atoms with E-state index >= 15 is 0 Å². The van der Waals surface area contributed by atoms with Gasteiger partial charge in [0, 0.05) is 5.92 Å². The molecule has 0 aromatic rings. The van der Waals surface area contributed by atoms with Crippen molar-refractivity contribution in [1.82, 2.24) is 0 Å². The van der Waals surface area contributed by atoms with Crippen LogP contribution in [-0.4, -0.2) is 5.78 Å². The van der Waals surface area contributed by atoms with E-state index in [1.165, 1.54) is 0 Å². The number of hydrogen-bond acceptors (Lipinski definition) is 1. The molecule has 0 aromatic carbocycles. The van der Waals surface area contributed by atoms with Gasteiger partial charge in [-0.3, -0.25) is 4.79 Å². The number of ketones is 1. The van der Waals surface area contributed by atoms with Crippen LogP contribution in [-0.2, 0) is 4.79 Å². The van der Waals surface area contributed by atoms with Crippen molar-refractivity contribution in [2.45, 2.75) is 13.8 Å². The maximum atomic E-state index is 10.9. The van der Waals surface area contributed by atoms with Gasteiger partial charge in [0.05, 0.1) is 0 Å². The van der Waals surface area contributed by atoms with Gasteiger partial charge in [-0.1, -0.05) is 24.6 Å². The minimum Gasteiger partial charge on any atom is -0.294 e. The molecule has 0 aliphatic heterocycles. The third-order valence-electron chi connectivity index (χ3n) is 1.73. The molecule has 1 aliphatic carbocycles. The van der Waals surface area contributed by atoms with Crippen LogP contribution in [0.3, 0.4) is 0 Å². The molecule has 1 unspecified atom stereocenters. The van der Waals surface area contributed by atoms with Crippen LogP contribution in [0.25, 0.3) is 0 Å². The van der Waals surface area contributed by atoms with Gasteiger partial charge in [-0.2, -0.15) is 0 Å². The second-order valence-electron chi connectivity index (χ2n) is 2.39. The van der Waals surface area contributed by atoms with Gasteiger partial charge in [0.1, 0.15) is 0 Å². The summed E-state index contributed by atoms with van der Waals surface area (Å²) in [6.07, 6.45) is 5.40. The molecule has 0 heterocycles. The van der Waals surface area contributed by atoms with Crippen LogP contribution in [0.5, 0.6) is 0 Å². The Bertz CT molecular complexity index is 187. The first-order valence-corrected chi connectivity index (χ1v) is 3.10. The Kier molecular flexibility index (Phi) is 1.52. The lowest BCUT2D eigenvalue weighted by Crippen LogP contribution is -2.11. The lowest BCUT2D eigenvalue weighted by molar-refractivity contribution is -0.116. The fraction of sp³-hybridized carbons (Fsp3) is 0.375. The standard InChI is InChI=1S/C8H10O/c1-6-4-3-5-8(9)7(6)2/h3-5,7H,1-2H3. The van der Waals surface area contributed by atoms with Gasteiger partial charge in [0.2, 0.25) is 0 Å². The van der Waals surface area contributed by atoms with E-state index in [-0.39, 0.29) is 11.7 Å². The first-order valence-electron chi connectivity index (χ1n) is 3.10. The first kappa shape index (κ1) is 6.27. The molecule has 0 saturated heterocycles. The minimum absolute atomic E-state index is 0.106. The molecule has 1 atom stereocenters. The molecule has 48 valence electrons. The first-order chi connectivity index (χ1) is 4.22. The molecule has 1 nitrogen and oxygen atoms in total.